The van der Waals surface area contributed by atoms with Crippen LogP contribution >= 0.6 is 0 Å². The number of nitrogens with one attached hydrogen (secondary N) is 2. The molecule has 3 atom stereocenters. The van der Waals surface area contributed by atoms with Gasteiger partial charge in [-0.3, -0.25) is 9.59 Å². The second-order valence-corrected chi connectivity index (χ2v) is 7.97. The Morgan fingerprint density at radius 2 is 1.81 bits per heavy atom. The van der Waals surface area contributed by atoms with E-state index < -0.39 is 12.1 Å². The smallest absolute Gasteiger partial charge is 0.324 e. The summed E-state index contributed by atoms with van der Waals surface area (Å²) in [5, 5.41) is 15.8. The van der Waals surface area contributed by atoms with Crippen molar-refractivity contribution >= 4 is 11.9 Å². The number of methoxy groups -OCH3 is 1. The molecular weight excluding hydrogens is 412 g/mol. The molecule has 0 aliphatic heterocycles. The van der Waals surface area contributed by atoms with Crippen molar-refractivity contribution < 1.29 is 28.9 Å². The molecule has 0 fully saturated rings. The van der Waals surface area contributed by atoms with Crippen LogP contribution in [-0.2, 0) is 25.5 Å². The number of unbranched alkanes of at least 4 members (excludes halogenated alkanes) is 2. The van der Waals surface area contributed by atoms with Crippen molar-refractivity contribution in [3.63, 3.8) is 0 Å². The number of esters is 2. The molecule has 0 heterocycles. The first kappa shape index (κ1) is 27.7. The Bertz CT molecular complexity index is 697. The van der Waals surface area contributed by atoms with E-state index >= 15 is 0 Å². The summed E-state index contributed by atoms with van der Waals surface area (Å²) in [5.74, 6) is -0.194. The maximum atomic E-state index is 12.7. The van der Waals surface area contributed by atoms with Crippen LogP contribution in [0.15, 0.2) is 18.2 Å². The highest BCUT2D eigenvalue weighted by Crippen LogP contribution is 2.27. The van der Waals surface area contributed by atoms with Gasteiger partial charge < -0.3 is 30.0 Å². The number of aromatic hydroxyl groups is 1. The predicted octanol–water partition coefficient (Wildman–Crippen LogP) is 2.95. The summed E-state index contributed by atoms with van der Waals surface area (Å²) in [6.45, 7) is 3.97. The molecule has 1 aromatic carbocycles. The van der Waals surface area contributed by atoms with E-state index in [-0.39, 0.29) is 23.8 Å². The van der Waals surface area contributed by atoms with Gasteiger partial charge in [-0.25, -0.2) is 0 Å². The molecule has 0 saturated carbocycles. The number of rotatable bonds is 16. The van der Waals surface area contributed by atoms with Gasteiger partial charge >= 0.3 is 11.9 Å². The molecule has 0 aliphatic carbocycles. The number of carbonyl (C=O) groups is 2. The number of carbonyl (C=O) groups excluding carboxylic acids is 2. The van der Waals surface area contributed by atoms with Gasteiger partial charge in [0, 0.05) is 19.9 Å². The Morgan fingerprint density at radius 3 is 2.41 bits per heavy atom. The first-order valence-corrected chi connectivity index (χ1v) is 11.4. The molecule has 32 heavy (non-hydrogen) atoms. The van der Waals surface area contributed by atoms with Crippen molar-refractivity contribution in [1.29, 1.82) is 0 Å². The fraction of sp³-hybridized carbons (Fsp3) is 0.667. The first-order chi connectivity index (χ1) is 15.3. The van der Waals surface area contributed by atoms with Crippen molar-refractivity contribution in [1.82, 2.24) is 10.6 Å². The molecule has 8 heteroatoms. The zero-order valence-electron chi connectivity index (χ0n) is 20.1. The van der Waals surface area contributed by atoms with E-state index in [0.29, 0.717) is 31.6 Å². The highest BCUT2D eigenvalue weighted by molar-refractivity contribution is 5.76. The Morgan fingerprint density at radius 1 is 1.09 bits per heavy atom. The minimum atomic E-state index is -0.469. The third-order valence-electron chi connectivity index (χ3n) is 5.31. The van der Waals surface area contributed by atoms with Crippen LogP contribution in [0, 0.1) is 0 Å². The van der Waals surface area contributed by atoms with Crippen molar-refractivity contribution in [2.24, 2.45) is 0 Å². The van der Waals surface area contributed by atoms with Crippen LogP contribution in [0.3, 0.4) is 0 Å². The number of hydrogen-bond acceptors (Lipinski definition) is 8. The SMILES string of the molecule is CCCCCC(CC(CCc1ccc(O)c(OC)c1)OC(=O)C(CNC)NC)OC(C)=O. The second-order valence-electron chi connectivity index (χ2n) is 7.97. The van der Waals surface area contributed by atoms with Gasteiger partial charge in [-0.05, 0) is 57.5 Å². The normalized spacial score (nSPS) is 13.8. The van der Waals surface area contributed by atoms with Gasteiger partial charge in [-0.1, -0.05) is 25.8 Å². The molecule has 3 N–H and O–H groups in total. The third-order valence-corrected chi connectivity index (χ3v) is 5.31. The molecule has 0 radical (unpaired) electrons. The first-order valence-electron chi connectivity index (χ1n) is 11.4. The maximum Gasteiger partial charge on any atom is 0.324 e. The zero-order chi connectivity index (χ0) is 23.9. The van der Waals surface area contributed by atoms with E-state index in [9.17, 15) is 14.7 Å². The van der Waals surface area contributed by atoms with Gasteiger partial charge in [0.05, 0.1) is 7.11 Å². The Labute approximate surface area is 192 Å². The Hall–Kier alpha value is -2.32. The van der Waals surface area contributed by atoms with Crippen molar-refractivity contribution in [3.8, 4) is 11.5 Å². The summed E-state index contributed by atoms with van der Waals surface area (Å²) in [6, 6.07) is 4.71. The molecule has 8 nitrogen and oxygen atoms in total. The van der Waals surface area contributed by atoms with Gasteiger partial charge in [-0.15, -0.1) is 0 Å². The van der Waals surface area contributed by atoms with Crippen molar-refractivity contribution in [3.05, 3.63) is 23.8 Å². The van der Waals surface area contributed by atoms with Gasteiger partial charge in [0.2, 0.25) is 0 Å². The predicted molar refractivity (Wildman–Crippen MR) is 124 cm³/mol. The number of phenols is 1. The molecule has 0 saturated heterocycles. The van der Waals surface area contributed by atoms with Crippen LogP contribution in [0.2, 0.25) is 0 Å². The molecule has 1 rings (SSSR count). The van der Waals surface area contributed by atoms with E-state index in [4.69, 9.17) is 14.2 Å². The van der Waals surface area contributed by atoms with Crippen LogP contribution in [0.4, 0.5) is 0 Å². The summed E-state index contributed by atoms with van der Waals surface area (Å²) in [5.41, 5.74) is 0.955. The lowest BCUT2D eigenvalue weighted by molar-refractivity contribution is -0.156. The summed E-state index contributed by atoms with van der Waals surface area (Å²) in [6.07, 6.45) is 4.71. The third kappa shape index (κ3) is 10.3. The zero-order valence-corrected chi connectivity index (χ0v) is 20.1. The standard InChI is InChI=1S/C24H40N2O6/c1-6-7-8-9-19(31-17(2)27)15-20(32-24(29)21(26-4)16-25-3)12-10-18-11-13-22(28)23(14-18)30-5/h11,13-14,19-21,25-26,28H,6-10,12,15-16H2,1-5H3. The summed E-state index contributed by atoms with van der Waals surface area (Å²) >= 11 is 0. The van der Waals surface area contributed by atoms with Crippen LogP contribution in [0.5, 0.6) is 11.5 Å². The molecule has 0 aromatic heterocycles. The molecule has 0 amide bonds. The van der Waals surface area contributed by atoms with E-state index in [1.807, 2.05) is 6.07 Å². The lowest BCUT2D eigenvalue weighted by Gasteiger charge is -2.26. The van der Waals surface area contributed by atoms with E-state index in [1.54, 1.807) is 26.2 Å². The topological polar surface area (TPSA) is 106 Å². The van der Waals surface area contributed by atoms with Crippen LogP contribution < -0.4 is 15.4 Å². The molecule has 0 aliphatic rings. The van der Waals surface area contributed by atoms with Gasteiger partial charge in [0.25, 0.3) is 0 Å². The van der Waals surface area contributed by atoms with Gasteiger partial charge in [0.1, 0.15) is 18.2 Å². The number of benzene rings is 1. The van der Waals surface area contributed by atoms with E-state index in [2.05, 4.69) is 17.6 Å². The Balaban J connectivity index is 2.94. The monoisotopic (exact) mass is 452 g/mol. The van der Waals surface area contributed by atoms with Crippen molar-refractivity contribution in [2.75, 3.05) is 27.7 Å². The minimum Gasteiger partial charge on any atom is -0.504 e. The summed E-state index contributed by atoms with van der Waals surface area (Å²) in [7, 11) is 4.99. The highest BCUT2D eigenvalue weighted by atomic mass is 16.6. The number of phenolic OH excluding ortho intramolecular Hbond substituents is 1. The summed E-state index contributed by atoms with van der Waals surface area (Å²) in [4.78, 5) is 24.3. The van der Waals surface area contributed by atoms with E-state index in [1.165, 1.54) is 14.0 Å². The lowest BCUT2D eigenvalue weighted by atomic mass is 9.99. The largest absolute Gasteiger partial charge is 0.504 e. The fourth-order valence-corrected chi connectivity index (χ4v) is 3.56. The molecule has 182 valence electrons. The molecule has 0 bridgehead atoms. The maximum absolute atomic E-state index is 12.7. The fourth-order valence-electron chi connectivity index (χ4n) is 3.56. The molecular formula is C24H40N2O6. The van der Waals surface area contributed by atoms with Crippen LogP contribution in [0.25, 0.3) is 0 Å². The number of aryl methyl sites for hydroxylation is 1. The second kappa shape index (κ2) is 15.5. The average Bonchev–Trinajstić information content (AvgIpc) is 2.76. The summed E-state index contributed by atoms with van der Waals surface area (Å²) < 4.78 is 16.6. The molecule has 0 spiro atoms. The van der Waals surface area contributed by atoms with Crippen LogP contribution in [0.1, 0.15) is 57.9 Å². The number of ether oxygens (including phenoxy) is 3. The average molecular weight is 453 g/mol. The van der Waals surface area contributed by atoms with Crippen molar-refractivity contribution in [2.45, 2.75) is 77.0 Å². The quantitative estimate of drug-likeness (QED) is 0.260. The molecule has 3 unspecified atom stereocenters. The Kier molecular flexibility index (Phi) is 13.4. The number of hydrogen-bond donors (Lipinski definition) is 3. The van der Waals surface area contributed by atoms with E-state index in [0.717, 1.165) is 31.2 Å². The molecule has 1 aromatic rings. The van der Waals surface area contributed by atoms with Gasteiger partial charge in [0.15, 0.2) is 11.5 Å². The lowest BCUT2D eigenvalue weighted by Crippen LogP contribution is -2.44. The number of likely N-dealkylation sites (N-methyl/N-ethyl adjacent to an activating group) is 2. The van der Waals surface area contributed by atoms with Crippen LogP contribution in [-0.4, -0.2) is 63.0 Å². The highest BCUT2D eigenvalue weighted by Gasteiger charge is 2.25. The van der Waals surface area contributed by atoms with Gasteiger partial charge in [-0.2, -0.15) is 0 Å². The minimum absolute atomic E-state index is 0.0778.